The number of unbranched alkanes of at least 4 members (excludes halogenated alkanes) is 1. The van der Waals surface area contributed by atoms with Crippen LogP contribution in [0.2, 0.25) is 10.0 Å². The van der Waals surface area contributed by atoms with Gasteiger partial charge in [-0.05, 0) is 37.1 Å². The number of hydrogen-bond donors (Lipinski definition) is 2. The molecule has 2 N–H and O–H groups in total. The van der Waals surface area contributed by atoms with Gasteiger partial charge in [-0.15, -0.1) is 0 Å². The van der Waals surface area contributed by atoms with E-state index in [0.717, 1.165) is 63.3 Å². The fourth-order valence-electron chi connectivity index (χ4n) is 3.63. The number of anilines is 1. The van der Waals surface area contributed by atoms with E-state index in [9.17, 15) is 4.79 Å². The third-order valence-corrected chi connectivity index (χ3v) is 6.06. The van der Waals surface area contributed by atoms with Gasteiger partial charge in [0.25, 0.3) is 5.56 Å². The van der Waals surface area contributed by atoms with E-state index >= 15 is 0 Å². The number of halogens is 2. The van der Waals surface area contributed by atoms with Crippen LogP contribution in [0.25, 0.3) is 11.0 Å². The zero-order valence-corrected chi connectivity index (χ0v) is 18.2. The molecule has 3 heterocycles. The predicted octanol–water partition coefficient (Wildman–Crippen LogP) is 3.76. The third-order valence-electron chi connectivity index (χ3n) is 5.32. The molecular weight excluding hydrogens is 425 g/mol. The van der Waals surface area contributed by atoms with Crippen LogP contribution < -0.4 is 10.9 Å². The highest BCUT2D eigenvalue weighted by Crippen LogP contribution is 2.23. The summed E-state index contributed by atoms with van der Waals surface area (Å²) in [4.78, 5) is 22.0. The molecule has 0 atom stereocenters. The Hall–Kier alpha value is -2.06. The van der Waals surface area contributed by atoms with Crippen molar-refractivity contribution in [2.75, 3.05) is 38.2 Å². The number of ether oxygens (including phenoxy) is 1. The molecule has 3 aromatic rings. The molecule has 0 radical (unpaired) electrons. The second-order valence-electron chi connectivity index (χ2n) is 7.45. The smallest absolute Gasteiger partial charge is 0.277 e. The summed E-state index contributed by atoms with van der Waals surface area (Å²) in [7, 11) is 0. The number of benzene rings is 1. The second kappa shape index (κ2) is 9.83. The Kier molecular flexibility index (Phi) is 6.94. The molecule has 1 aromatic carbocycles. The number of aryl methyl sites for hydroxylation is 1. The van der Waals surface area contributed by atoms with Crippen LogP contribution in [0.15, 0.2) is 35.4 Å². The number of rotatable bonds is 8. The number of aromatic nitrogens is 3. The molecule has 1 saturated heterocycles. The van der Waals surface area contributed by atoms with Crippen LogP contribution in [0.3, 0.4) is 0 Å². The molecule has 1 aliphatic rings. The number of pyridine rings is 1. The number of H-pyrrole nitrogens is 1. The van der Waals surface area contributed by atoms with Gasteiger partial charge in [-0.1, -0.05) is 29.3 Å². The Morgan fingerprint density at radius 3 is 2.70 bits per heavy atom. The minimum Gasteiger partial charge on any atom is -0.379 e. The molecular formula is C21H25Cl2N5O2. The average molecular weight is 450 g/mol. The summed E-state index contributed by atoms with van der Waals surface area (Å²) in [6, 6.07) is 7.41. The summed E-state index contributed by atoms with van der Waals surface area (Å²) >= 11 is 12.0. The maximum Gasteiger partial charge on any atom is 0.277 e. The van der Waals surface area contributed by atoms with Crippen molar-refractivity contribution < 1.29 is 4.74 Å². The van der Waals surface area contributed by atoms with Crippen LogP contribution in [0.1, 0.15) is 18.4 Å². The van der Waals surface area contributed by atoms with Gasteiger partial charge in [0.2, 0.25) is 0 Å². The van der Waals surface area contributed by atoms with E-state index in [1.807, 2.05) is 22.8 Å². The van der Waals surface area contributed by atoms with Gasteiger partial charge in [0.1, 0.15) is 5.82 Å². The molecule has 9 heteroatoms. The fourth-order valence-corrected chi connectivity index (χ4v) is 3.96. The van der Waals surface area contributed by atoms with Gasteiger partial charge in [-0.3, -0.25) is 9.69 Å². The quantitative estimate of drug-likeness (QED) is 0.512. The summed E-state index contributed by atoms with van der Waals surface area (Å²) in [6.45, 7) is 6.10. The lowest BCUT2D eigenvalue weighted by atomic mass is 10.2. The number of nitrogens with zero attached hydrogens (tertiary/aromatic N) is 3. The SMILES string of the molecule is O=c1[nH]c(NCc2ccc(Cl)c(Cl)c2)cc2c1ncn2CCCCN1CCOCC1. The molecule has 160 valence electrons. The number of nitrogens with one attached hydrogen (secondary N) is 2. The lowest BCUT2D eigenvalue weighted by Gasteiger charge is -2.26. The predicted molar refractivity (Wildman–Crippen MR) is 121 cm³/mol. The Morgan fingerprint density at radius 2 is 1.90 bits per heavy atom. The van der Waals surface area contributed by atoms with Gasteiger partial charge >= 0.3 is 0 Å². The van der Waals surface area contributed by atoms with Crippen LogP contribution in [-0.4, -0.2) is 52.3 Å². The van der Waals surface area contributed by atoms with E-state index in [1.54, 1.807) is 12.4 Å². The number of fused-ring (bicyclic) bond motifs is 1. The zero-order valence-electron chi connectivity index (χ0n) is 16.7. The maximum atomic E-state index is 12.4. The lowest BCUT2D eigenvalue weighted by Crippen LogP contribution is -2.36. The largest absolute Gasteiger partial charge is 0.379 e. The molecule has 0 unspecified atom stereocenters. The van der Waals surface area contributed by atoms with Gasteiger partial charge in [-0.2, -0.15) is 0 Å². The van der Waals surface area contributed by atoms with Crippen LogP contribution in [0.4, 0.5) is 5.82 Å². The minimum absolute atomic E-state index is 0.198. The summed E-state index contributed by atoms with van der Waals surface area (Å²) in [5, 5.41) is 4.28. The van der Waals surface area contributed by atoms with Gasteiger partial charge in [0, 0.05) is 32.2 Å². The topological polar surface area (TPSA) is 75.2 Å². The van der Waals surface area contributed by atoms with Crippen LogP contribution in [0, 0.1) is 0 Å². The molecule has 4 rings (SSSR count). The Morgan fingerprint density at radius 1 is 1.10 bits per heavy atom. The average Bonchev–Trinajstić information content (AvgIpc) is 3.16. The molecule has 0 aliphatic carbocycles. The fraction of sp³-hybridized carbons (Fsp3) is 0.429. The number of hydrogen-bond acceptors (Lipinski definition) is 5. The van der Waals surface area contributed by atoms with Gasteiger partial charge in [-0.25, -0.2) is 4.98 Å². The highest BCUT2D eigenvalue weighted by molar-refractivity contribution is 6.42. The highest BCUT2D eigenvalue weighted by atomic mass is 35.5. The van der Waals surface area contributed by atoms with Crippen molar-refractivity contribution >= 4 is 40.1 Å². The van der Waals surface area contributed by atoms with E-state index in [1.165, 1.54) is 0 Å². The summed E-state index contributed by atoms with van der Waals surface area (Å²) in [5.41, 5.74) is 2.07. The molecule has 1 fully saturated rings. The van der Waals surface area contributed by atoms with E-state index in [0.29, 0.717) is 27.9 Å². The van der Waals surface area contributed by atoms with Gasteiger partial charge < -0.3 is 19.6 Å². The van der Waals surface area contributed by atoms with Crippen LogP contribution >= 0.6 is 23.2 Å². The maximum absolute atomic E-state index is 12.4. The first kappa shape index (κ1) is 21.2. The minimum atomic E-state index is -0.198. The molecule has 0 spiro atoms. The highest BCUT2D eigenvalue weighted by Gasteiger charge is 2.11. The van der Waals surface area contributed by atoms with Crippen LogP contribution in [-0.2, 0) is 17.8 Å². The monoisotopic (exact) mass is 449 g/mol. The van der Waals surface area contributed by atoms with E-state index in [4.69, 9.17) is 27.9 Å². The van der Waals surface area contributed by atoms with E-state index in [2.05, 4.69) is 20.2 Å². The van der Waals surface area contributed by atoms with Crippen molar-refractivity contribution in [3.05, 3.63) is 56.6 Å². The molecule has 0 saturated carbocycles. The van der Waals surface area contributed by atoms with Crippen molar-refractivity contribution in [2.24, 2.45) is 0 Å². The summed E-state index contributed by atoms with van der Waals surface area (Å²) < 4.78 is 7.44. The van der Waals surface area contributed by atoms with Crippen molar-refractivity contribution in [3.8, 4) is 0 Å². The Bertz CT molecular complexity index is 1060. The Labute approximate surface area is 184 Å². The lowest BCUT2D eigenvalue weighted by molar-refractivity contribution is 0.0371. The number of aromatic amines is 1. The first-order valence-electron chi connectivity index (χ1n) is 10.2. The van der Waals surface area contributed by atoms with Gasteiger partial charge in [0.15, 0.2) is 5.52 Å². The normalized spacial score (nSPS) is 15.0. The third kappa shape index (κ3) is 5.16. The molecule has 2 aromatic heterocycles. The zero-order chi connectivity index (χ0) is 20.9. The van der Waals surface area contributed by atoms with Gasteiger partial charge in [0.05, 0.1) is 35.1 Å². The second-order valence-corrected chi connectivity index (χ2v) is 8.26. The molecule has 0 amide bonds. The van der Waals surface area contributed by atoms with Crippen molar-refractivity contribution in [3.63, 3.8) is 0 Å². The van der Waals surface area contributed by atoms with E-state index < -0.39 is 0 Å². The molecule has 1 aliphatic heterocycles. The Balaban J connectivity index is 1.39. The van der Waals surface area contributed by atoms with Crippen molar-refractivity contribution in [1.29, 1.82) is 0 Å². The van der Waals surface area contributed by atoms with E-state index in [-0.39, 0.29) is 5.56 Å². The summed E-state index contributed by atoms with van der Waals surface area (Å²) in [6.07, 6.45) is 3.88. The molecule has 30 heavy (non-hydrogen) atoms. The molecule has 7 nitrogen and oxygen atoms in total. The number of imidazole rings is 1. The number of morpholine rings is 1. The van der Waals surface area contributed by atoms with Crippen molar-refractivity contribution in [1.82, 2.24) is 19.4 Å². The first-order chi connectivity index (χ1) is 14.6. The van der Waals surface area contributed by atoms with Crippen LogP contribution in [0.5, 0.6) is 0 Å². The first-order valence-corrected chi connectivity index (χ1v) is 10.9. The summed E-state index contributed by atoms with van der Waals surface area (Å²) in [5.74, 6) is 0.647. The molecule has 0 bridgehead atoms. The standard InChI is InChI=1S/C21H25Cl2N5O2/c22-16-4-3-15(11-17(16)23)13-24-19-12-18-20(21(29)26-19)25-14-28(18)6-2-1-5-27-7-9-30-10-8-27/h3-4,11-12,14H,1-2,5-10,13H2,(H2,24,26,29). The van der Waals surface area contributed by atoms with Crippen molar-refractivity contribution in [2.45, 2.75) is 25.9 Å².